The normalized spacial score (nSPS) is 20.1. The maximum atomic E-state index is 12.1. The molecule has 24 heavy (non-hydrogen) atoms. The number of thioether (sulfide) groups is 1. The van der Waals surface area contributed by atoms with Gasteiger partial charge in [0.2, 0.25) is 11.8 Å². The Morgan fingerprint density at radius 3 is 2.88 bits per heavy atom. The third kappa shape index (κ3) is 5.37. The van der Waals surface area contributed by atoms with Gasteiger partial charge in [-0.3, -0.25) is 14.6 Å². The van der Waals surface area contributed by atoms with Crippen LogP contribution in [0.4, 0.5) is 5.69 Å². The van der Waals surface area contributed by atoms with Crippen molar-refractivity contribution in [1.29, 1.82) is 0 Å². The highest BCUT2D eigenvalue weighted by Gasteiger charge is 2.32. The number of anilines is 1. The van der Waals surface area contributed by atoms with Gasteiger partial charge in [0.1, 0.15) is 5.25 Å². The summed E-state index contributed by atoms with van der Waals surface area (Å²) < 4.78 is 5.00. The molecule has 1 aliphatic rings. The topological polar surface area (TPSA) is 79.8 Å². The Balaban J connectivity index is 1.92. The molecule has 2 N–H and O–H groups in total. The van der Waals surface area contributed by atoms with Crippen LogP contribution in [0.25, 0.3) is 0 Å². The zero-order valence-electron chi connectivity index (χ0n) is 13.1. The minimum Gasteiger partial charge on any atom is -0.382 e. The lowest BCUT2D eigenvalue weighted by Crippen LogP contribution is -2.28. The maximum Gasteiger partial charge on any atom is 0.240 e. The lowest BCUT2D eigenvalue weighted by atomic mass is 10.2. The molecule has 0 spiro atoms. The highest BCUT2D eigenvalue weighted by molar-refractivity contribution is 8.15. The number of amidine groups is 1. The summed E-state index contributed by atoms with van der Waals surface area (Å²) in [7, 11) is 1.59. The van der Waals surface area contributed by atoms with Crippen LogP contribution >= 0.6 is 35.0 Å². The van der Waals surface area contributed by atoms with Crippen LogP contribution in [0.5, 0.6) is 0 Å². The van der Waals surface area contributed by atoms with E-state index in [1.807, 2.05) is 6.92 Å². The molecule has 1 aromatic carbocycles. The molecule has 130 valence electrons. The average molecular weight is 390 g/mol. The van der Waals surface area contributed by atoms with Crippen LogP contribution in [0.1, 0.15) is 13.3 Å². The number of amides is 2. The zero-order valence-corrected chi connectivity index (χ0v) is 15.5. The number of nitrogens with one attached hydrogen (secondary N) is 2. The lowest BCUT2D eigenvalue weighted by Gasteiger charge is -2.08. The summed E-state index contributed by atoms with van der Waals surface area (Å²) in [4.78, 5) is 28.4. The van der Waals surface area contributed by atoms with Gasteiger partial charge >= 0.3 is 0 Å². The van der Waals surface area contributed by atoms with Crippen molar-refractivity contribution >= 4 is 57.6 Å². The molecule has 2 atom stereocenters. The van der Waals surface area contributed by atoms with E-state index in [-0.39, 0.29) is 24.3 Å². The quantitative estimate of drug-likeness (QED) is 0.783. The lowest BCUT2D eigenvalue weighted by molar-refractivity contribution is -0.122. The number of hydrogen-bond donors (Lipinski definition) is 2. The van der Waals surface area contributed by atoms with Crippen LogP contribution in [0.3, 0.4) is 0 Å². The first-order valence-electron chi connectivity index (χ1n) is 7.18. The van der Waals surface area contributed by atoms with Crippen molar-refractivity contribution in [1.82, 2.24) is 5.32 Å². The van der Waals surface area contributed by atoms with Crippen LogP contribution in [0.15, 0.2) is 23.2 Å². The molecule has 2 rings (SSSR count). The van der Waals surface area contributed by atoms with Crippen LogP contribution in [-0.4, -0.2) is 42.0 Å². The number of aliphatic imine (C=N–C) groups is 1. The molecule has 0 radical (unpaired) electrons. The number of ether oxygens (including phenoxy) is 1. The van der Waals surface area contributed by atoms with Crippen molar-refractivity contribution in [3.05, 3.63) is 28.2 Å². The van der Waals surface area contributed by atoms with Crippen molar-refractivity contribution in [2.45, 2.75) is 24.6 Å². The molecule has 1 fully saturated rings. The SMILES string of the molecule is COCC(C)N=C1NC(=O)C(CC(=O)Nc2ccc(Cl)c(Cl)c2)S1. The second-order valence-corrected chi connectivity index (χ2v) is 7.22. The van der Waals surface area contributed by atoms with E-state index in [0.717, 1.165) is 0 Å². The van der Waals surface area contributed by atoms with E-state index in [9.17, 15) is 9.59 Å². The highest BCUT2D eigenvalue weighted by Crippen LogP contribution is 2.26. The molecule has 9 heteroatoms. The summed E-state index contributed by atoms with van der Waals surface area (Å²) in [6, 6.07) is 4.73. The Morgan fingerprint density at radius 1 is 1.46 bits per heavy atom. The molecule has 0 aliphatic carbocycles. The van der Waals surface area contributed by atoms with Crippen molar-refractivity contribution in [3.8, 4) is 0 Å². The summed E-state index contributed by atoms with van der Waals surface area (Å²) in [5, 5.41) is 6.14. The smallest absolute Gasteiger partial charge is 0.240 e. The van der Waals surface area contributed by atoms with Gasteiger partial charge in [0.15, 0.2) is 5.17 Å². The van der Waals surface area contributed by atoms with Crippen molar-refractivity contribution in [2.75, 3.05) is 19.0 Å². The molecule has 1 aliphatic heterocycles. The Hall–Kier alpha value is -1.28. The number of methoxy groups -OCH3 is 1. The second-order valence-electron chi connectivity index (χ2n) is 5.22. The van der Waals surface area contributed by atoms with Crippen molar-refractivity contribution in [3.63, 3.8) is 0 Å². The monoisotopic (exact) mass is 389 g/mol. The van der Waals surface area contributed by atoms with Gasteiger partial charge in [-0.2, -0.15) is 0 Å². The number of nitrogens with zero attached hydrogens (tertiary/aromatic N) is 1. The molecule has 1 saturated heterocycles. The number of rotatable bonds is 6. The summed E-state index contributed by atoms with van der Waals surface area (Å²) in [6.45, 7) is 2.34. The van der Waals surface area contributed by atoms with E-state index < -0.39 is 5.25 Å². The van der Waals surface area contributed by atoms with E-state index in [2.05, 4.69) is 15.6 Å². The molecular formula is C15H17Cl2N3O3S. The third-order valence-electron chi connectivity index (χ3n) is 3.10. The van der Waals surface area contributed by atoms with Gasteiger partial charge in [-0.1, -0.05) is 35.0 Å². The standard InChI is InChI=1S/C15H17Cl2N3O3S/c1-8(7-23-2)18-15-20-14(22)12(24-15)6-13(21)19-9-3-4-10(16)11(17)5-9/h3-5,8,12H,6-7H2,1-2H3,(H,19,21)(H,18,20,22). The second kappa shape index (κ2) is 8.71. The average Bonchev–Trinajstić information content (AvgIpc) is 2.82. The van der Waals surface area contributed by atoms with Gasteiger partial charge in [0.25, 0.3) is 0 Å². The first kappa shape index (κ1) is 19.1. The van der Waals surface area contributed by atoms with E-state index in [1.165, 1.54) is 11.8 Å². The Bertz CT molecular complexity index is 669. The minimum atomic E-state index is -0.513. The largest absolute Gasteiger partial charge is 0.382 e. The van der Waals surface area contributed by atoms with Crippen molar-refractivity contribution in [2.24, 2.45) is 4.99 Å². The summed E-state index contributed by atoms with van der Waals surface area (Å²) in [6.07, 6.45) is 0.0361. The summed E-state index contributed by atoms with van der Waals surface area (Å²) >= 11 is 13.0. The molecule has 0 saturated carbocycles. The van der Waals surface area contributed by atoms with Gasteiger partial charge in [-0.25, -0.2) is 0 Å². The van der Waals surface area contributed by atoms with Crippen LogP contribution in [-0.2, 0) is 14.3 Å². The molecule has 1 heterocycles. The van der Waals surface area contributed by atoms with Gasteiger partial charge < -0.3 is 15.4 Å². The predicted octanol–water partition coefficient (Wildman–Crippen LogP) is 2.94. The maximum absolute atomic E-state index is 12.1. The molecule has 1 aromatic rings. The van der Waals surface area contributed by atoms with Gasteiger partial charge in [0, 0.05) is 19.2 Å². The number of carbonyl (C=O) groups is 2. The Labute approximate surface area is 154 Å². The fraction of sp³-hybridized carbons (Fsp3) is 0.400. The van der Waals surface area contributed by atoms with Gasteiger partial charge in [-0.05, 0) is 25.1 Å². The van der Waals surface area contributed by atoms with Crippen LogP contribution < -0.4 is 10.6 Å². The van der Waals surface area contributed by atoms with E-state index >= 15 is 0 Å². The van der Waals surface area contributed by atoms with E-state index in [4.69, 9.17) is 27.9 Å². The molecule has 6 nitrogen and oxygen atoms in total. The number of hydrogen-bond acceptors (Lipinski definition) is 5. The van der Waals surface area contributed by atoms with Crippen molar-refractivity contribution < 1.29 is 14.3 Å². The Kier molecular flexibility index (Phi) is 6.91. The predicted molar refractivity (Wildman–Crippen MR) is 98.0 cm³/mol. The number of halogens is 2. The first-order valence-corrected chi connectivity index (χ1v) is 8.81. The summed E-state index contributed by atoms with van der Waals surface area (Å²) in [5.41, 5.74) is 0.528. The van der Waals surface area contributed by atoms with Crippen LogP contribution in [0, 0.1) is 0 Å². The first-order chi connectivity index (χ1) is 11.4. The van der Waals surface area contributed by atoms with E-state index in [1.54, 1.807) is 25.3 Å². The summed E-state index contributed by atoms with van der Waals surface area (Å²) in [5.74, 6) is -0.514. The Morgan fingerprint density at radius 2 is 2.21 bits per heavy atom. The van der Waals surface area contributed by atoms with Gasteiger partial charge in [-0.15, -0.1) is 0 Å². The molecular weight excluding hydrogens is 373 g/mol. The highest BCUT2D eigenvalue weighted by atomic mass is 35.5. The fourth-order valence-electron chi connectivity index (χ4n) is 2.03. The number of carbonyl (C=O) groups excluding carboxylic acids is 2. The molecule has 2 amide bonds. The molecule has 0 bridgehead atoms. The number of benzene rings is 1. The zero-order chi connectivity index (χ0) is 17.7. The fourth-order valence-corrected chi connectivity index (χ4v) is 3.40. The molecule has 2 unspecified atom stereocenters. The van der Waals surface area contributed by atoms with E-state index in [0.29, 0.717) is 27.5 Å². The third-order valence-corrected chi connectivity index (χ3v) is 4.93. The van der Waals surface area contributed by atoms with Crippen LogP contribution in [0.2, 0.25) is 10.0 Å². The van der Waals surface area contributed by atoms with Gasteiger partial charge in [0.05, 0.1) is 22.7 Å². The molecule has 0 aromatic heterocycles. The minimum absolute atomic E-state index is 0.0361.